The van der Waals surface area contributed by atoms with E-state index >= 15 is 0 Å². The molecule has 0 aliphatic heterocycles. The molecule has 0 unspecified atom stereocenters. The van der Waals surface area contributed by atoms with Crippen molar-refractivity contribution < 1.29 is 13.2 Å². The first kappa shape index (κ1) is 15.7. The Morgan fingerprint density at radius 2 is 1.90 bits per heavy atom. The topological polar surface area (TPSA) is 81.4 Å². The van der Waals surface area contributed by atoms with Gasteiger partial charge in [0.05, 0.1) is 12.8 Å². The molecular weight excluding hydrogens is 356 g/mol. The van der Waals surface area contributed by atoms with E-state index in [1.54, 1.807) is 18.2 Å². The van der Waals surface area contributed by atoms with E-state index in [0.717, 1.165) is 10.0 Å². The van der Waals surface area contributed by atoms with Crippen LogP contribution in [0.4, 0.5) is 11.4 Å². The van der Waals surface area contributed by atoms with Crippen LogP contribution >= 0.6 is 15.9 Å². The molecule has 0 bridgehead atoms. The Hall–Kier alpha value is -1.73. The van der Waals surface area contributed by atoms with Crippen molar-refractivity contribution in [3.63, 3.8) is 0 Å². The standard InChI is InChI=1S/C14H15BrN2O3S/c1-9-7-10(15)3-5-12(9)17-21(18,19)14-8-11(16)4-6-13(14)20-2/h3-8,17H,16H2,1-2H3. The Labute approximate surface area is 132 Å². The highest BCUT2D eigenvalue weighted by Gasteiger charge is 2.20. The summed E-state index contributed by atoms with van der Waals surface area (Å²) < 4.78 is 33.5. The monoisotopic (exact) mass is 370 g/mol. The molecule has 0 saturated carbocycles. The number of anilines is 2. The molecule has 2 aromatic carbocycles. The molecule has 0 saturated heterocycles. The van der Waals surface area contributed by atoms with Crippen LogP contribution in [-0.2, 0) is 10.0 Å². The lowest BCUT2D eigenvalue weighted by atomic mass is 10.2. The molecule has 5 nitrogen and oxygen atoms in total. The Kier molecular flexibility index (Phi) is 4.43. The molecule has 0 aliphatic rings. The van der Waals surface area contributed by atoms with Crippen LogP contribution in [0.25, 0.3) is 0 Å². The normalized spacial score (nSPS) is 11.2. The van der Waals surface area contributed by atoms with Crippen molar-refractivity contribution in [1.82, 2.24) is 0 Å². The Balaban J connectivity index is 2.45. The fraction of sp³-hybridized carbons (Fsp3) is 0.143. The zero-order valence-electron chi connectivity index (χ0n) is 11.6. The van der Waals surface area contributed by atoms with Crippen LogP contribution in [0.2, 0.25) is 0 Å². The van der Waals surface area contributed by atoms with E-state index in [2.05, 4.69) is 20.7 Å². The summed E-state index contributed by atoms with van der Waals surface area (Å²) in [7, 11) is -2.37. The van der Waals surface area contributed by atoms with Gasteiger partial charge in [-0.3, -0.25) is 4.72 Å². The Bertz CT molecular complexity index is 776. The number of hydrogen-bond acceptors (Lipinski definition) is 4. The van der Waals surface area contributed by atoms with E-state index in [-0.39, 0.29) is 10.6 Å². The Morgan fingerprint density at radius 1 is 1.19 bits per heavy atom. The zero-order chi connectivity index (χ0) is 15.6. The first-order chi connectivity index (χ1) is 9.83. The summed E-state index contributed by atoms with van der Waals surface area (Å²) >= 11 is 3.34. The molecule has 0 atom stereocenters. The van der Waals surface area contributed by atoms with Gasteiger partial charge in [0.2, 0.25) is 0 Å². The van der Waals surface area contributed by atoms with Gasteiger partial charge in [-0.15, -0.1) is 0 Å². The van der Waals surface area contributed by atoms with Crippen LogP contribution in [0.15, 0.2) is 45.8 Å². The van der Waals surface area contributed by atoms with Gasteiger partial charge in [0.15, 0.2) is 0 Å². The summed E-state index contributed by atoms with van der Waals surface area (Å²) in [6.45, 7) is 1.82. The predicted octanol–water partition coefficient (Wildman–Crippen LogP) is 3.15. The molecule has 7 heteroatoms. The number of benzene rings is 2. The lowest BCUT2D eigenvalue weighted by molar-refractivity contribution is 0.403. The lowest BCUT2D eigenvalue weighted by Gasteiger charge is -2.13. The summed E-state index contributed by atoms with van der Waals surface area (Å²) in [4.78, 5) is 0.00678. The van der Waals surface area contributed by atoms with Crippen molar-refractivity contribution in [3.8, 4) is 5.75 Å². The number of methoxy groups -OCH3 is 1. The molecule has 0 heterocycles. The van der Waals surface area contributed by atoms with Crippen LogP contribution in [0, 0.1) is 6.92 Å². The predicted molar refractivity (Wildman–Crippen MR) is 87.1 cm³/mol. The molecule has 2 aromatic rings. The van der Waals surface area contributed by atoms with Crippen molar-refractivity contribution in [2.45, 2.75) is 11.8 Å². The first-order valence-electron chi connectivity index (χ1n) is 6.06. The molecule has 21 heavy (non-hydrogen) atoms. The van der Waals surface area contributed by atoms with E-state index in [4.69, 9.17) is 10.5 Å². The number of sulfonamides is 1. The minimum Gasteiger partial charge on any atom is -0.495 e. The molecular formula is C14H15BrN2O3S. The molecule has 0 aliphatic carbocycles. The summed E-state index contributed by atoms with van der Waals surface area (Å²) in [5.74, 6) is 0.242. The van der Waals surface area contributed by atoms with Gasteiger partial charge < -0.3 is 10.5 Å². The van der Waals surface area contributed by atoms with Crippen LogP contribution in [-0.4, -0.2) is 15.5 Å². The van der Waals surface area contributed by atoms with Crippen molar-refractivity contribution in [2.75, 3.05) is 17.6 Å². The maximum absolute atomic E-state index is 12.5. The van der Waals surface area contributed by atoms with Crippen LogP contribution in [0.5, 0.6) is 5.75 Å². The van der Waals surface area contributed by atoms with E-state index in [1.807, 2.05) is 13.0 Å². The SMILES string of the molecule is COc1ccc(N)cc1S(=O)(=O)Nc1ccc(Br)cc1C. The summed E-state index contributed by atoms with van der Waals surface area (Å²) in [6.07, 6.45) is 0. The van der Waals surface area contributed by atoms with E-state index < -0.39 is 10.0 Å². The largest absolute Gasteiger partial charge is 0.495 e. The first-order valence-corrected chi connectivity index (χ1v) is 8.33. The molecule has 0 fully saturated rings. The van der Waals surface area contributed by atoms with E-state index in [0.29, 0.717) is 11.4 Å². The highest BCUT2D eigenvalue weighted by atomic mass is 79.9. The molecule has 0 amide bonds. The fourth-order valence-corrected chi connectivity index (χ4v) is 3.66. The van der Waals surface area contributed by atoms with Crippen molar-refractivity contribution in [1.29, 1.82) is 0 Å². The average Bonchev–Trinajstić information content (AvgIpc) is 2.42. The maximum Gasteiger partial charge on any atom is 0.265 e. The highest BCUT2D eigenvalue weighted by Crippen LogP contribution is 2.29. The quantitative estimate of drug-likeness (QED) is 0.809. The van der Waals surface area contributed by atoms with Gasteiger partial charge >= 0.3 is 0 Å². The number of rotatable bonds is 4. The van der Waals surface area contributed by atoms with Gasteiger partial charge in [0, 0.05) is 10.2 Å². The molecule has 0 spiro atoms. The second-order valence-electron chi connectivity index (χ2n) is 4.48. The lowest BCUT2D eigenvalue weighted by Crippen LogP contribution is -2.15. The van der Waals surface area contributed by atoms with Crippen molar-refractivity contribution >= 4 is 37.3 Å². The number of hydrogen-bond donors (Lipinski definition) is 2. The van der Waals surface area contributed by atoms with Gasteiger partial charge in [-0.25, -0.2) is 8.42 Å². The van der Waals surface area contributed by atoms with Gasteiger partial charge in [-0.2, -0.15) is 0 Å². The van der Waals surface area contributed by atoms with E-state index in [9.17, 15) is 8.42 Å². The zero-order valence-corrected chi connectivity index (χ0v) is 14.0. The number of nitrogens with one attached hydrogen (secondary N) is 1. The number of ether oxygens (including phenoxy) is 1. The second-order valence-corrected chi connectivity index (χ2v) is 7.04. The van der Waals surface area contributed by atoms with Crippen LogP contribution < -0.4 is 15.2 Å². The molecule has 0 radical (unpaired) electrons. The minimum absolute atomic E-state index is 0.00678. The minimum atomic E-state index is -3.78. The third-order valence-corrected chi connectivity index (χ3v) is 4.79. The van der Waals surface area contributed by atoms with Crippen LogP contribution in [0.1, 0.15) is 5.56 Å². The Morgan fingerprint density at radius 3 is 2.52 bits per heavy atom. The highest BCUT2D eigenvalue weighted by molar-refractivity contribution is 9.10. The van der Waals surface area contributed by atoms with Gasteiger partial charge in [0.1, 0.15) is 10.6 Å². The van der Waals surface area contributed by atoms with Gasteiger partial charge in [-0.1, -0.05) is 15.9 Å². The van der Waals surface area contributed by atoms with Gasteiger partial charge in [-0.05, 0) is 48.9 Å². The molecule has 0 aromatic heterocycles. The fourth-order valence-electron chi connectivity index (χ4n) is 1.84. The number of nitrogen functional groups attached to an aromatic ring is 1. The molecule has 3 N–H and O–H groups in total. The van der Waals surface area contributed by atoms with Gasteiger partial charge in [0.25, 0.3) is 10.0 Å². The van der Waals surface area contributed by atoms with Crippen LogP contribution in [0.3, 0.4) is 0 Å². The third kappa shape index (κ3) is 3.48. The molecule has 112 valence electrons. The summed E-state index contributed by atoms with van der Waals surface area (Å²) in [5, 5.41) is 0. The van der Waals surface area contributed by atoms with Crippen molar-refractivity contribution in [3.05, 3.63) is 46.4 Å². The molecule has 2 rings (SSSR count). The van der Waals surface area contributed by atoms with Crippen molar-refractivity contribution in [2.24, 2.45) is 0 Å². The summed E-state index contributed by atoms with van der Waals surface area (Å²) in [5.41, 5.74) is 7.32. The summed E-state index contributed by atoms with van der Waals surface area (Å²) in [6, 6.07) is 9.77. The average molecular weight is 371 g/mol. The number of halogens is 1. The maximum atomic E-state index is 12.5. The van der Waals surface area contributed by atoms with E-state index in [1.165, 1.54) is 19.2 Å². The number of aryl methyl sites for hydroxylation is 1. The third-order valence-electron chi connectivity index (χ3n) is 2.91. The smallest absolute Gasteiger partial charge is 0.265 e. The number of nitrogens with two attached hydrogens (primary N) is 1. The second kappa shape index (κ2) is 5.95.